The van der Waals surface area contributed by atoms with E-state index in [4.69, 9.17) is 22.6 Å². The highest BCUT2D eigenvalue weighted by molar-refractivity contribution is 6.30. The molecule has 0 atom stereocenters. The van der Waals surface area contributed by atoms with Crippen molar-refractivity contribution in [3.63, 3.8) is 0 Å². The average Bonchev–Trinajstić information content (AvgIpc) is 2.16. The SMILES string of the molecule is N#Cc1cc(C#CC(N)=O)cnc1Cl. The molecule has 0 saturated carbocycles. The second-order valence-electron chi connectivity index (χ2n) is 2.29. The number of rotatable bonds is 0. The molecule has 1 rings (SSSR count). The molecule has 2 N–H and O–H groups in total. The van der Waals surface area contributed by atoms with Gasteiger partial charge in [0, 0.05) is 17.7 Å². The fourth-order valence-electron chi connectivity index (χ4n) is 0.729. The van der Waals surface area contributed by atoms with Crippen molar-refractivity contribution < 1.29 is 4.79 Å². The van der Waals surface area contributed by atoms with Gasteiger partial charge in [-0.3, -0.25) is 4.79 Å². The van der Waals surface area contributed by atoms with E-state index in [1.165, 1.54) is 12.3 Å². The summed E-state index contributed by atoms with van der Waals surface area (Å²) in [6.07, 6.45) is 1.36. The highest BCUT2D eigenvalue weighted by Crippen LogP contribution is 2.11. The Morgan fingerprint density at radius 2 is 2.36 bits per heavy atom. The van der Waals surface area contributed by atoms with Crippen LogP contribution in [0.2, 0.25) is 5.15 Å². The van der Waals surface area contributed by atoms with Crippen LogP contribution in [-0.4, -0.2) is 10.9 Å². The summed E-state index contributed by atoms with van der Waals surface area (Å²) in [6.45, 7) is 0. The normalized spacial score (nSPS) is 8.29. The molecule has 5 heteroatoms. The lowest BCUT2D eigenvalue weighted by molar-refractivity contribution is -0.112. The maximum Gasteiger partial charge on any atom is 0.293 e. The van der Waals surface area contributed by atoms with E-state index >= 15 is 0 Å². The zero-order valence-electron chi connectivity index (χ0n) is 6.91. The topological polar surface area (TPSA) is 79.8 Å². The Morgan fingerprint density at radius 3 is 2.93 bits per heavy atom. The summed E-state index contributed by atoms with van der Waals surface area (Å²) >= 11 is 5.59. The number of primary amides is 1. The number of nitrogens with zero attached hydrogens (tertiary/aromatic N) is 2. The number of carbonyl (C=O) groups excluding carboxylic acids is 1. The zero-order valence-corrected chi connectivity index (χ0v) is 7.67. The summed E-state index contributed by atoms with van der Waals surface area (Å²) in [4.78, 5) is 14.0. The maximum absolute atomic E-state index is 10.3. The summed E-state index contributed by atoms with van der Waals surface area (Å²) in [5.41, 5.74) is 5.45. The summed E-state index contributed by atoms with van der Waals surface area (Å²) < 4.78 is 0. The predicted octanol–water partition coefficient (Wildman–Crippen LogP) is 0.443. The Labute approximate surface area is 85.3 Å². The second-order valence-corrected chi connectivity index (χ2v) is 2.65. The Morgan fingerprint density at radius 1 is 1.64 bits per heavy atom. The second kappa shape index (κ2) is 4.27. The molecule has 0 aliphatic heterocycles. The molecular formula is C9H4ClN3O. The van der Waals surface area contributed by atoms with E-state index in [9.17, 15) is 4.79 Å². The minimum atomic E-state index is -0.738. The van der Waals surface area contributed by atoms with Crippen LogP contribution in [0.4, 0.5) is 0 Å². The number of halogens is 1. The fraction of sp³-hybridized carbons (Fsp3) is 0. The first-order chi connectivity index (χ1) is 6.63. The number of aromatic nitrogens is 1. The number of nitrogens with two attached hydrogens (primary N) is 1. The molecule has 14 heavy (non-hydrogen) atoms. The Balaban J connectivity index is 3.11. The molecule has 0 fully saturated rings. The third kappa shape index (κ3) is 2.48. The molecule has 4 nitrogen and oxygen atoms in total. The Hall–Kier alpha value is -2.04. The number of nitriles is 1. The zero-order chi connectivity index (χ0) is 10.6. The summed E-state index contributed by atoms with van der Waals surface area (Å²) in [7, 11) is 0. The molecule has 0 bridgehead atoms. The lowest BCUT2D eigenvalue weighted by Gasteiger charge is -1.93. The maximum atomic E-state index is 10.3. The standard InChI is InChI=1S/C9H4ClN3O/c10-9-7(4-11)3-6(5-13-9)1-2-8(12)14/h3,5H,(H2,12,14). The first-order valence-electron chi connectivity index (χ1n) is 3.50. The third-order valence-corrected chi connectivity index (χ3v) is 1.59. The van der Waals surface area contributed by atoms with Gasteiger partial charge in [-0.15, -0.1) is 0 Å². The molecule has 0 spiro atoms. The van der Waals surface area contributed by atoms with Crippen LogP contribution in [0.3, 0.4) is 0 Å². The molecule has 0 aliphatic carbocycles. The van der Waals surface area contributed by atoms with Crippen LogP contribution in [0.5, 0.6) is 0 Å². The molecule has 1 aromatic rings. The number of amides is 1. The van der Waals surface area contributed by atoms with Crippen molar-refractivity contribution in [3.8, 4) is 17.9 Å². The largest absolute Gasteiger partial charge is 0.359 e. The molecule has 68 valence electrons. The van der Waals surface area contributed by atoms with Crippen molar-refractivity contribution in [2.24, 2.45) is 5.73 Å². The Bertz CT molecular complexity index is 479. The minimum absolute atomic E-state index is 0.108. The molecule has 1 amide bonds. The van der Waals surface area contributed by atoms with Gasteiger partial charge in [-0.2, -0.15) is 5.26 Å². The third-order valence-electron chi connectivity index (χ3n) is 1.29. The van der Waals surface area contributed by atoms with Crippen LogP contribution in [0, 0.1) is 23.2 Å². The molecule has 0 radical (unpaired) electrons. The van der Waals surface area contributed by atoms with Gasteiger partial charge >= 0.3 is 0 Å². The van der Waals surface area contributed by atoms with E-state index in [1.54, 1.807) is 0 Å². The van der Waals surface area contributed by atoms with E-state index in [0.29, 0.717) is 5.56 Å². The monoisotopic (exact) mass is 205 g/mol. The summed E-state index contributed by atoms with van der Waals surface area (Å²) in [5, 5.41) is 8.71. The molecule has 0 saturated heterocycles. The molecule has 0 aliphatic rings. The van der Waals surface area contributed by atoms with Gasteiger partial charge in [0.05, 0.1) is 5.56 Å². The summed E-state index contributed by atoms with van der Waals surface area (Å²) in [6, 6.07) is 3.28. The van der Waals surface area contributed by atoms with Crippen LogP contribution in [0.15, 0.2) is 12.3 Å². The van der Waals surface area contributed by atoms with Gasteiger partial charge in [-0.25, -0.2) is 4.98 Å². The van der Waals surface area contributed by atoms with Crippen LogP contribution in [0.25, 0.3) is 0 Å². The van der Waals surface area contributed by atoms with Gasteiger partial charge < -0.3 is 5.73 Å². The van der Waals surface area contributed by atoms with E-state index in [0.717, 1.165) is 0 Å². The van der Waals surface area contributed by atoms with Crippen molar-refractivity contribution in [2.75, 3.05) is 0 Å². The van der Waals surface area contributed by atoms with Crippen LogP contribution in [0.1, 0.15) is 11.1 Å². The lowest BCUT2D eigenvalue weighted by Crippen LogP contribution is -2.06. The van der Waals surface area contributed by atoms with E-state index in [2.05, 4.69) is 16.8 Å². The first kappa shape index (κ1) is 10.0. The molecule has 1 aromatic heterocycles. The van der Waals surface area contributed by atoms with Gasteiger partial charge in [-0.05, 0) is 6.07 Å². The van der Waals surface area contributed by atoms with E-state index in [1.807, 2.05) is 6.07 Å². The average molecular weight is 206 g/mol. The van der Waals surface area contributed by atoms with Crippen molar-refractivity contribution in [2.45, 2.75) is 0 Å². The molecule has 1 heterocycles. The van der Waals surface area contributed by atoms with Crippen LogP contribution in [-0.2, 0) is 4.79 Å². The lowest BCUT2D eigenvalue weighted by atomic mass is 10.2. The van der Waals surface area contributed by atoms with Crippen molar-refractivity contribution in [1.29, 1.82) is 5.26 Å². The van der Waals surface area contributed by atoms with Gasteiger partial charge in [0.25, 0.3) is 5.91 Å². The Kier molecular flexibility index (Phi) is 3.06. The molecule has 0 aromatic carbocycles. The number of carbonyl (C=O) groups is 1. The van der Waals surface area contributed by atoms with Crippen molar-refractivity contribution in [1.82, 2.24) is 4.98 Å². The highest BCUT2D eigenvalue weighted by atomic mass is 35.5. The van der Waals surface area contributed by atoms with Crippen molar-refractivity contribution in [3.05, 3.63) is 28.5 Å². The van der Waals surface area contributed by atoms with Crippen LogP contribution < -0.4 is 5.73 Å². The smallest absolute Gasteiger partial charge is 0.293 e. The van der Waals surface area contributed by atoms with E-state index in [-0.39, 0.29) is 10.7 Å². The van der Waals surface area contributed by atoms with E-state index < -0.39 is 5.91 Å². The minimum Gasteiger partial charge on any atom is -0.359 e. The fourth-order valence-corrected chi connectivity index (χ4v) is 0.874. The number of hydrogen-bond donors (Lipinski definition) is 1. The van der Waals surface area contributed by atoms with Gasteiger partial charge in [0.2, 0.25) is 0 Å². The molecule has 0 unspecified atom stereocenters. The van der Waals surface area contributed by atoms with Gasteiger partial charge in [0.1, 0.15) is 11.2 Å². The van der Waals surface area contributed by atoms with Gasteiger partial charge in [0.15, 0.2) is 0 Å². The number of pyridine rings is 1. The summed E-state index contributed by atoms with van der Waals surface area (Å²) in [5.74, 6) is 3.84. The quantitative estimate of drug-likeness (QED) is 0.493. The van der Waals surface area contributed by atoms with Crippen LogP contribution >= 0.6 is 11.6 Å². The van der Waals surface area contributed by atoms with Crippen molar-refractivity contribution >= 4 is 17.5 Å². The molecular weight excluding hydrogens is 202 g/mol. The predicted molar refractivity (Wildman–Crippen MR) is 50.0 cm³/mol. The number of hydrogen-bond acceptors (Lipinski definition) is 3. The highest BCUT2D eigenvalue weighted by Gasteiger charge is 2.00. The first-order valence-corrected chi connectivity index (χ1v) is 3.88. The van der Waals surface area contributed by atoms with Gasteiger partial charge in [-0.1, -0.05) is 17.5 Å².